The maximum absolute atomic E-state index is 3.71. The Balaban J connectivity index is 1.80. The van der Waals surface area contributed by atoms with Gasteiger partial charge in [0.1, 0.15) is 0 Å². The van der Waals surface area contributed by atoms with E-state index in [2.05, 4.69) is 18.8 Å². The predicted molar refractivity (Wildman–Crippen MR) is 54.3 cm³/mol. The quantitative estimate of drug-likeness (QED) is 0.454. The third-order valence-corrected chi connectivity index (χ3v) is 2.64. The fourth-order valence-corrected chi connectivity index (χ4v) is 1.34. The molecular formula is C11H21N. The molecule has 1 rings (SSSR count). The second kappa shape index (κ2) is 4.66. The Morgan fingerprint density at radius 2 is 2.08 bits per heavy atom. The first-order chi connectivity index (χ1) is 5.77. The second-order valence-electron chi connectivity index (χ2n) is 4.13. The van der Waals surface area contributed by atoms with Crippen LogP contribution in [0.4, 0.5) is 0 Å². The summed E-state index contributed by atoms with van der Waals surface area (Å²) in [5.74, 6) is 0. The molecule has 12 heavy (non-hydrogen) atoms. The van der Waals surface area contributed by atoms with Crippen LogP contribution >= 0.6 is 0 Å². The summed E-state index contributed by atoms with van der Waals surface area (Å²) in [5, 5.41) is 3.58. The minimum atomic E-state index is 0.526. The third kappa shape index (κ3) is 3.91. The Bertz CT molecular complexity index is 136. The fraction of sp³-hybridized carbons (Fsp3) is 0.818. The Morgan fingerprint density at radius 1 is 1.33 bits per heavy atom. The van der Waals surface area contributed by atoms with Crippen molar-refractivity contribution in [2.24, 2.45) is 0 Å². The van der Waals surface area contributed by atoms with E-state index < -0.39 is 0 Å². The summed E-state index contributed by atoms with van der Waals surface area (Å²) in [6.45, 7) is 7.23. The Labute approximate surface area is 76.2 Å². The number of unbranched alkanes of at least 4 members (excludes halogenated alkanes) is 3. The first-order valence-electron chi connectivity index (χ1n) is 5.13. The van der Waals surface area contributed by atoms with Gasteiger partial charge >= 0.3 is 0 Å². The number of hydrogen-bond donors (Lipinski definition) is 1. The standard InChI is InChI=1S/C11H21N/c1-3-4-5-6-7-10-12-11(2)8-9-11/h3,12H,1,4-10H2,2H3. The minimum Gasteiger partial charge on any atom is -0.312 e. The lowest BCUT2D eigenvalue weighted by atomic mass is 10.2. The van der Waals surface area contributed by atoms with E-state index in [4.69, 9.17) is 0 Å². The van der Waals surface area contributed by atoms with E-state index in [1.807, 2.05) is 6.08 Å². The van der Waals surface area contributed by atoms with Crippen LogP contribution in [0.2, 0.25) is 0 Å². The highest BCUT2D eigenvalue weighted by atomic mass is 15.0. The van der Waals surface area contributed by atoms with Gasteiger partial charge in [-0.2, -0.15) is 0 Å². The maximum atomic E-state index is 3.71. The molecule has 0 bridgehead atoms. The highest BCUT2D eigenvalue weighted by Gasteiger charge is 2.35. The van der Waals surface area contributed by atoms with Crippen LogP contribution in [0.1, 0.15) is 45.4 Å². The van der Waals surface area contributed by atoms with Crippen molar-refractivity contribution in [3.8, 4) is 0 Å². The molecule has 0 radical (unpaired) electrons. The summed E-state index contributed by atoms with van der Waals surface area (Å²) < 4.78 is 0. The lowest BCUT2D eigenvalue weighted by Crippen LogP contribution is -2.28. The summed E-state index contributed by atoms with van der Waals surface area (Å²) in [5.41, 5.74) is 0.526. The van der Waals surface area contributed by atoms with E-state index in [-0.39, 0.29) is 0 Å². The fourth-order valence-electron chi connectivity index (χ4n) is 1.34. The average molecular weight is 167 g/mol. The van der Waals surface area contributed by atoms with Crippen molar-refractivity contribution >= 4 is 0 Å². The van der Waals surface area contributed by atoms with Gasteiger partial charge in [-0.25, -0.2) is 0 Å². The van der Waals surface area contributed by atoms with Crippen LogP contribution in [0.5, 0.6) is 0 Å². The zero-order valence-electron chi connectivity index (χ0n) is 8.23. The van der Waals surface area contributed by atoms with Gasteiger partial charge in [-0.05, 0) is 45.6 Å². The third-order valence-electron chi connectivity index (χ3n) is 2.64. The molecule has 1 aliphatic carbocycles. The zero-order chi connectivity index (χ0) is 8.86. The van der Waals surface area contributed by atoms with E-state index in [9.17, 15) is 0 Å². The lowest BCUT2D eigenvalue weighted by molar-refractivity contribution is 0.512. The predicted octanol–water partition coefficient (Wildman–Crippen LogP) is 2.87. The molecule has 0 aromatic rings. The van der Waals surface area contributed by atoms with Gasteiger partial charge in [-0.1, -0.05) is 12.5 Å². The SMILES string of the molecule is C=CCCCCCNC1(C)CC1. The van der Waals surface area contributed by atoms with Crippen LogP contribution in [0, 0.1) is 0 Å². The van der Waals surface area contributed by atoms with E-state index in [0.29, 0.717) is 5.54 Å². The summed E-state index contributed by atoms with van der Waals surface area (Å²) in [4.78, 5) is 0. The van der Waals surface area contributed by atoms with E-state index in [0.717, 1.165) is 0 Å². The van der Waals surface area contributed by atoms with Crippen molar-refractivity contribution in [3.05, 3.63) is 12.7 Å². The summed E-state index contributed by atoms with van der Waals surface area (Å²) >= 11 is 0. The lowest BCUT2D eigenvalue weighted by Gasteiger charge is -2.10. The Morgan fingerprint density at radius 3 is 2.67 bits per heavy atom. The van der Waals surface area contributed by atoms with Crippen molar-refractivity contribution in [1.82, 2.24) is 5.32 Å². The molecule has 0 saturated heterocycles. The topological polar surface area (TPSA) is 12.0 Å². The van der Waals surface area contributed by atoms with Crippen molar-refractivity contribution in [2.75, 3.05) is 6.54 Å². The molecule has 0 aliphatic heterocycles. The molecule has 0 heterocycles. The van der Waals surface area contributed by atoms with Gasteiger partial charge < -0.3 is 5.32 Å². The van der Waals surface area contributed by atoms with Gasteiger partial charge in [0.05, 0.1) is 0 Å². The van der Waals surface area contributed by atoms with Gasteiger partial charge in [-0.15, -0.1) is 6.58 Å². The average Bonchev–Trinajstić information content (AvgIpc) is 2.77. The smallest absolute Gasteiger partial charge is 0.0154 e. The largest absolute Gasteiger partial charge is 0.312 e. The Kier molecular flexibility index (Phi) is 3.80. The number of hydrogen-bond acceptors (Lipinski definition) is 1. The molecule has 0 aromatic heterocycles. The molecule has 0 aromatic carbocycles. The minimum absolute atomic E-state index is 0.526. The molecule has 1 nitrogen and oxygen atoms in total. The molecule has 1 saturated carbocycles. The molecule has 1 N–H and O–H groups in total. The molecule has 0 spiro atoms. The van der Waals surface area contributed by atoms with E-state index >= 15 is 0 Å². The van der Waals surface area contributed by atoms with Crippen LogP contribution in [0.25, 0.3) is 0 Å². The molecule has 0 atom stereocenters. The van der Waals surface area contributed by atoms with Gasteiger partial charge in [0.15, 0.2) is 0 Å². The molecule has 1 aliphatic rings. The van der Waals surface area contributed by atoms with Crippen molar-refractivity contribution < 1.29 is 0 Å². The molecular weight excluding hydrogens is 146 g/mol. The van der Waals surface area contributed by atoms with Crippen molar-refractivity contribution in [3.63, 3.8) is 0 Å². The Hall–Kier alpha value is -0.300. The highest BCUT2D eigenvalue weighted by molar-refractivity contribution is 4.97. The molecule has 0 amide bonds. The first-order valence-corrected chi connectivity index (χ1v) is 5.13. The monoisotopic (exact) mass is 167 g/mol. The second-order valence-corrected chi connectivity index (χ2v) is 4.13. The molecule has 1 heteroatoms. The van der Waals surface area contributed by atoms with Crippen LogP contribution in [0.15, 0.2) is 12.7 Å². The van der Waals surface area contributed by atoms with Crippen LogP contribution in [-0.2, 0) is 0 Å². The van der Waals surface area contributed by atoms with Gasteiger partial charge in [-0.3, -0.25) is 0 Å². The first kappa shape index (κ1) is 9.79. The number of allylic oxidation sites excluding steroid dienone is 1. The maximum Gasteiger partial charge on any atom is 0.0154 e. The summed E-state index contributed by atoms with van der Waals surface area (Å²) in [7, 11) is 0. The summed E-state index contributed by atoms with van der Waals surface area (Å²) in [6.07, 6.45) is 9.91. The number of nitrogens with one attached hydrogen (secondary N) is 1. The highest BCUT2D eigenvalue weighted by Crippen LogP contribution is 2.34. The van der Waals surface area contributed by atoms with Gasteiger partial charge in [0, 0.05) is 5.54 Å². The molecule has 70 valence electrons. The number of rotatable bonds is 7. The van der Waals surface area contributed by atoms with Gasteiger partial charge in [0.25, 0.3) is 0 Å². The van der Waals surface area contributed by atoms with Crippen LogP contribution in [0.3, 0.4) is 0 Å². The normalized spacial score (nSPS) is 19.1. The van der Waals surface area contributed by atoms with Crippen LogP contribution in [-0.4, -0.2) is 12.1 Å². The summed E-state index contributed by atoms with van der Waals surface area (Å²) in [6, 6.07) is 0. The van der Waals surface area contributed by atoms with Crippen molar-refractivity contribution in [2.45, 2.75) is 51.0 Å². The van der Waals surface area contributed by atoms with Crippen LogP contribution < -0.4 is 5.32 Å². The van der Waals surface area contributed by atoms with E-state index in [1.54, 1.807) is 0 Å². The van der Waals surface area contributed by atoms with Gasteiger partial charge in [0.2, 0.25) is 0 Å². The molecule has 1 fully saturated rings. The van der Waals surface area contributed by atoms with E-state index in [1.165, 1.54) is 45.1 Å². The molecule has 0 unspecified atom stereocenters. The zero-order valence-corrected chi connectivity index (χ0v) is 8.23. The van der Waals surface area contributed by atoms with Crippen molar-refractivity contribution in [1.29, 1.82) is 0 Å².